The topological polar surface area (TPSA) is 66.9 Å². The van der Waals surface area contributed by atoms with Gasteiger partial charge in [-0.1, -0.05) is 0 Å². The summed E-state index contributed by atoms with van der Waals surface area (Å²) >= 11 is 0. The van der Waals surface area contributed by atoms with Crippen LogP contribution in [0.25, 0.3) is 0 Å². The van der Waals surface area contributed by atoms with E-state index in [1.54, 1.807) is 37.9 Å². The highest BCUT2D eigenvalue weighted by atomic mass is 16.1. The van der Waals surface area contributed by atoms with Crippen LogP contribution in [0.5, 0.6) is 0 Å². The SMILES string of the molecule is CNc1cnccc1C(=O)Nc1cnccc1C. The summed E-state index contributed by atoms with van der Waals surface area (Å²) in [5.41, 5.74) is 2.92. The van der Waals surface area contributed by atoms with Crippen molar-refractivity contribution in [2.75, 3.05) is 17.7 Å². The summed E-state index contributed by atoms with van der Waals surface area (Å²) in [6, 6.07) is 3.52. The molecule has 0 bridgehead atoms. The molecule has 0 aliphatic heterocycles. The molecule has 18 heavy (non-hydrogen) atoms. The maximum Gasteiger partial charge on any atom is 0.257 e. The molecule has 0 saturated carbocycles. The maximum absolute atomic E-state index is 12.1. The third-order valence-electron chi connectivity index (χ3n) is 2.62. The molecule has 2 aromatic heterocycles. The molecule has 0 saturated heterocycles. The molecule has 0 aromatic carbocycles. The van der Waals surface area contributed by atoms with Crippen molar-refractivity contribution in [1.82, 2.24) is 9.97 Å². The van der Waals surface area contributed by atoms with Gasteiger partial charge in [-0.3, -0.25) is 14.8 Å². The highest BCUT2D eigenvalue weighted by Gasteiger charge is 2.11. The number of aromatic nitrogens is 2. The van der Waals surface area contributed by atoms with Crippen molar-refractivity contribution in [2.24, 2.45) is 0 Å². The van der Waals surface area contributed by atoms with Gasteiger partial charge in [-0.05, 0) is 24.6 Å². The molecule has 1 amide bonds. The molecule has 0 radical (unpaired) electrons. The van der Waals surface area contributed by atoms with Crippen LogP contribution in [-0.4, -0.2) is 22.9 Å². The lowest BCUT2D eigenvalue weighted by Gasteiger charge is -2.10. The second-order valence-electron chi connectivity index (χ2n) is 3.82. The van der Waals surface area contributed by atoms with Gasteiger partial charge in [0.25, 0.3) is 5.91 Å². The quantitative estimate of drug-likeness (QED) is 0.864. The fraction of sp³-hybridized carbons (Fsp3) is 0.154. The first kappa shape index (κ1) is 12.0. The number of nitrogens with zero attached hydrogens (tertiary/aromatic N) is 2. The summed E-state index contributed by atoms with van der Waals surface area (Å²) in [6.45, 7) is 1.92. The van der Waals surface area contributed by atoms with E-state index < -0.39 is 0 Å². The largest absolute Gasteiger partial charge is 0.386 e. The van der Waals surface area contributed by atoms with Gasteiger partial charge in [-0.25, -0.2) is 0 Å². The van der Waals surface area contributed by atoms with Gasteiger partial charge < -0.3 is 10.6 Å². The van der Waals surface area contributed by atoms with Crippen molar-refractivity contribution in [3.8, 4) is 0 Å². The van der Waals surface area contributed by atoms with Gasteiger partial charge in [-0.15, -0.1) is 0 Å². The van der Waals surface area contributed by atoms with E-state index in [1.165, 1.54) is 0 Å². The van der Waals surface area contributed by atoms with Crippen molar-refractivity contribution in [3.63, 3.8) is 0 Å². The minimum absolute atomic E-state index is 0.183. The fourth-order valence-electron chi connectivity index (χ4n) is 1.58. The zero-order chi connectivity index (χ0) is 13.0. The molecule has 0 atom stereocenters. The van der Waals surface area contributed by atoms with Crippen LogP contribution in [0.15, 0.2) is 36.9 Å². The number of hydrogen-bond donors (Lipinski definition) is 2. The van der Waals surface area contributed by atoms with E-state index in [1.807, 2.05) is 13.0 Å². The fourth-order valence-corrected chi connectivity index (χ4v) is 1.58. The summed E-state index contributed by atoms with van der Waals surface area (Å²) in [6.07, 6.45) is 6.53. The van der Waals surface area contributed by atoms with Crippen LogP contribution >= 0.6 is 0 Å². The summed E-state index contributed by atoms with van der Waals surface area (Å²) in [4.78, 5) is 20.1. The number of amides is 1. The minimum atomic E-state index is -0.183. The molecule has 2 rings (SSSR count). The van der Waals surface area contributed by atoms with E-state index >= 15 is 0 Å². The molecule has 2 N–H and O–H groups in total. The van der Waals surface area contributed by atoms with Gasteiger partial charge >= 0.3 is 0 Å². The Bertz CT molecular complexity index is 568. The number of carbonyl (C=O) groups excluding carboxylic acids is 1. The Labute approximate surface area is 105 Å². The average Bonchev–Trinajstić information content (AvgIpc) is 2.41. The van der Waals surface area contributed by atoms with Crippen LogP contribution in [0, 0.1) is 6.92 Å². The minimum Gasteiger partial charge on any atom is -0.386 e. The number of pyridine rings is 2. The van der Waals surface area contributed by atoms with Crippen molar-refractivity contribution in [2.45, 2.75) is 6.92 Å². The first-order chi connectivity index (χ1) is 8.72. The summed E-state index contributed by atoms with van der Waals surface area (Å²) in [5, 5.41) is 5.77. The Morgan fingerprint density at radius 2 is 1.78 bits per heavy atom. The van der Waals surface area contributed by atoms with Gasteiger partial charge in [0.1, 0.15) is 0 Å². The van der Waals surface area contributed by atoms with E-state index in [4.69, 9.17) is 0 Å². The summed E-state index contributed by atoms with van der Waals surface area (Å²) in [5.74, 6) is -0.183. The highest BCUT2D eigenvalue weighted by molar-refractivity contribution is 6.08. The zero-order valence-corrected chi connectivity index (χ0v) is 10.3. The van der Waals surface area contributed by atoms with Crippen LogP contribution in [0.3, 0.4) is 0 Å². The predicted octanol–water partition coefficient (Wildman–Crippen LogP) is 2.08. The lowest BCUT2D eigenvalue weighted by atomic mass is 10.2. The van der Waals surface area contributed by atoms with E-state index in [0.717, 1.165) is 5.56 Å². The van der Waals surface area contributed by atoms with Crippen molar-refractivity contribution in [1.29, 1.82) is 0 Å². The van der Waals surface area contributed by atoms with Crippen LogP contribution in [-0.2, 0) is 0 Å². The smallest absolute Gasteiger partial charge is 0.257 e. The van der Waals surface area contributed by atoms with Gasteiger partial charge in [0.15, 0.2) is 0 Å². The van der Waals surface area contributed by atoms with Crippen molar-refractivity contribution >= 4 is 17.3 Å². The molecule has 5 heteroatoms. The molecule has 0 aliphatic rings. The molecule has 92 valence electrons. The molecule has 2 heterocycles. The Morgan fingerprint density at radius 3 is 2.44 bits per heavy atom. The lowest BCUT2D eigenvalue weighted by molar-refractivity contribution is 0.102. The van der Waals surface area contributed by atoms with E-state index in [-0.39, 0.29) is 5.91 Å². The highest BCUT2D eigenvalue weighted by Crippen LogP contribution is 2.17. The molecule has 2 aromatic rings. The van der Waals surface area contributed by atoms with Crippen LogP contribution in [0.1, 0.15) is 15.9 Å². The third kappa shape index (κ3) is 2.45. The zero-order valence-electron chi connectivity index (χ0n) is 10.3. The number of hydrogen-bond acceptors (Lipinski definition) is 4. The summed E-state index contributed by atoms with van der Waals surface area (Å²) < 4.78 is 0. The Kier molecular flexibility index (Phi) is 3.52. The van der Waals surface area contributed by atoms with Crippen molar-refractivity contribution in [3.05, 3.63) is 48.0 Å². The van der Waals surface area contributed by atoms with E-state index in [0.29, 0.717) is 16.9 Å². The second-order valence-corrected chi connectivity index (χ2v) is 3.82. The maximum atomic E-state index is 12.1. The molecule has 0 fully saturated rings. The van der Waals surface area contributed by atoms with Gasteiger partial charge in [0.05, 0.1) is 29.3 Å². The lowest BCUT2D eigenvalue weighted by Crippen LogP contribution is -2.15. The first-order valence-corrected chi connectivity index (χ1v) is 5.56. The molecule has 0 spiro atoms. The number of anilines is 2. The first-order valence-electron chi connectivity index (χ1n) is 5.56. The number of rotatable bonds is 3. The van der Waals surface area contributed by atoms with Crippen molar-refractivity contribution < 1.29 is 4.79 Å². The molecular weight excluding hydrogens is 228 g/mol. The molecular formula is C13H14N4O. The second kappa shape index (κ2) is 5.27. The average molecular weight is 242 g/mol. The Hall–Kier alpha value is -2.43. The monoisotopic (exact) mass is 242 g/mol. The van der Waals surface area contributed by atoms with Crippen LogP contribution in [0.2, 0.25) is 0 Å². The van der Waals surface area contributed by atoms with Crippen LogP contribution in [0.4, 0.5) is 11.4 Å². The van der Waals surface area contributed by atoms with E-state index in [2.05, 4.69) is 20.6 Å². The van der Waals surface area contributed by atoms with Crippen LogP contribution < -0.4 is 10.6 Å². The number of carbonyl (C=O) groups is 1. The Balaban J connectivity index is 2.25. The summed E-state index contributed by atoms with van der Waals surface area (Å²) in [7, 11) is 1.75. The Morgan fingerprint density at radius 1 is 1.11 bits per heavy atom. The van der Waals surface area contributed by atoms with E-state index in [9.17, 15) is 4.79 Å². The standard InChI is InChI=1S/C13H14N4O/c1-9-3-5-15-7-11(9)17-13(18)10-4-6-16-8-12(10)14-2/h3-8,14H,1-2H3,(H,17,18). The molecule has 0 aliphatic carbocycles. The number of nitrogens with one attached hydrogen (secondary N) is 2. The number of aryl methyl sites for hydroxylation is 1. The predicted molar refractivity (Wildman–Crippen MR) is 70.7 cm³/mol. The van der Waals surface area contributed by atoms with Gasteiger partial charge in [0, 0.05) is 19.4 Å². The molecule has 0 unspecified atom stereocenters. The van der Waals surface area contributed by atoms with Gasteiger partial charge in [-0.2, -0.15) is 0 Å². The van der Waals surface area contributed by atoms with Gasteiger partial charge in [0.2, 0.25) is 0 Å². The normalized spacial score (nSPS) is 9.89. The molecule has 5 nitrogen and oxygen atoms in total. The third-order valence-corrected chi connectivity index (χ3v) is 2.62.